The molecule has 0 aromatic rings. The number of rotatable bonds is 6. The van der Waals surface area contributed by atoms with Crippen LogP contribution in [0.25, 0.3) is 0 Å². The van der Waals surface area contributed by atoms with Gasteiger partial charge < -0.3 is 15.7 Å². The number of hydrogen-bond acceptors (Lipinski definition) is 3. The van der Waals surface area contributed by atoms with Crippen LogP contribution in [0, 0.1) is 0 Å². The molecule has 3 N–H and O–H groups in total. The van der Waals surface area contributed by atoms with Gasteiger partial charge in [0.2, 0.25) is 5.91 Å². The van der Waals surface area contributed by atoms with Gasteiger partial charge in [0.25, 0.3) is 0 Å². The van der Waals surface area contributed by atoms with E-state index in [1.807, 2.05) is 6.92 Å². The first-order valence-corrected chi connectivity index (χ1v) is 5.88. The van der Waals surface area contributed by atoms with E-state index in [4.69, 9.17) is 5.11 Å². The Kier molecular flexibility index (Phi) is 5.65. The van der Waals surface area contributed by atoms with Crippen molar-refractivity contribution in [1.29, 1.82) is 0 Å². The predicted molar refractivity (Wildman–Crippen MR) is 59.6 cm³/mol. The van der Waals surface area contributed by atoms with Crippen molar-refractivity contribution in [3.8, 4) is 0 Å². The fraction of sp³-hybridized carbons (Fsp3) is 0.909. The molecular weight excluding hydrogens is 192 g/mol. The van der Waals surface area contributed by atoms with Gasteiger partial charge in [0.15, 0.2) is 0 Å². The van der Waals surface area contributed by atoms with Gasteiger partial charge in [-0.15, -0.1) is 0 Å². The molecule has 1 fully saturated rings. The molecule has 0 aromatic carbocycles. The van der Waals surface area contributed by atoms with Crippen molar-refractivity contribution in [2.24, 2.45) is 0 Å². The topological polar surface area (TPSA) is 61.4 Å². The molecule has 88 valence electrons. The quantitative estimate of drug-likeness (QED) is 0.561. The average Bonchev–Trinajstić information content (AvgIpc) is 2.70. The zero-order valence-corrected chi connectivity index (χ0v) is 9.46. The maximum absolute atomic E-state index is 11.7. The Hall–Kier alpha value is -0.610. The molecule has 1 aliphatic rings. The second-order valence-electron chi connectivity index (χ2n) is 4.24. The van der Waals surface area contributed by atoms with Crippen LogP contribution in [0.1, 0.15) is 39.0 Å². The fourth-order valence-corrected chi connectivity index (χ4v) is 1.89. The van der Waals surface area contributed by atoms with E-state index in [0.717, 1.165) is 12.8 Å². The zero-order valence-electron chi connectivity index (χ0n) is 9.46. The van der Waals surface area contributed by atoms with Crippen molar-refractivity contribution >= 4 is 5.91 Å². The number of hydrogen-bond donors (Lipinski definition) is 3. The smallest absolute Gasteiger partial charge is 0.237 e. The van der Waals surface area contributed by atoms with Crippen LogP contribution in [0.4, 0.5) is 0 Å². The molecule has 1 atom stereocenters. The first kappa shape index (κ1) is 12.5. The lowest BCUT2D eigenvalue weighted by Crippen LogP contribution is -2.45. The largest absolute Gasteiger partial charge is 0.396 e. The highest BCUT2D eigenvalue weighted by Gasteiger charge is 2.19. The van der Waals surface area contributed by atoms with Crippen LogP contribution in [0.15, 0.2) is 0 Å². The Morgan fingerprint density at radius 1 is 1.47 bits per heavy atom. The maximum atomic E-state index is 11.7. The summed E-state index contributed by atoms with van der Waals surface area (Å²) in [5, 5.41) is 14.7. The summed E-state index contributed by atoms with van der Waals surface area (Å²) in [5.41, 5.74) is 0. The van der Waals surface area contributed by atoms with Crippen LogP contribution in [-0.2, 0) is 4.79 Å². The number of aliphatic hydroxyl groups is 1. The van der Waals surface area contributed by atoms with E-state index in [1.165, 1.54) is 12.8 Å². The molecule has 0 heterocycles. The normalized spacial score (nSPS) is 19.1. The van der Waals surface area contributed by atoms with Crippen LogP contribution in [-0.4, -0.2) is 36.2 Å². The number of aliphatic hydroxyl groups excluding tert-OH is 1. The molecule has 0 aromatic heterocycles. The summed E-state index contributed by atoms with van der Waals surface area (Å²) in [6.45, 7) is 2.72. The lowest BCUT2D eigenvalue weighted by Gasteiger charge is -2.17. The Morgan fingerprint density at radius 2 is 2.13 bits per heavy atom. The van der Waals surface area contributed by atoms with E-state index in [2.05, 4.69) is 10.6 Å². The summed E-state index contributed by atoms with van der Waals surface area (Å²) in [6.07, 6.45) is 5.40. The highest BCUT2D eigenvalue weighted by Crippen LogP contribution is 2.17. The van der Waals surface area contributed by atoms with E-state index in [1.54, 1.807) is 0 Å². The third-order valence-electron chi connectivity index (χ3n) is 2.88. The first-order valence-electron chi connectivity index (χ1n) is 5.88. The van der Waals surface area contributed by atoms with Crippen molar-refractivity contribution in [2.45, 2.75) is 51.1 Å². The summed E-state index contributed by atoms with van der Waals surface area (Å²) in [4.78, 5) is 11.7. The van der Waals surface area contributed by atoms with Crippen LogP contribution in [0.5, 0.6) is 0 Å². The van der Waals surface area contributed by atoms with Gasteiger partial charge in [0, 0.05) is 12.6 Å². The lowest BCUT2D eigenvalue weighted by atomic mass is 10.2. The fourth-order valence-electron chi connectivity index (χ4n) is 1.89. The van der Waals surface area contributed by atoms with Crippen LogP contribution >= 0.6 is 0 Å². The van der Waals surface area contributed by atoms with Crippen molar-refractivity contribution in [3.63, 3.8) is 0 Å². The van der Waals surface area contributed by atoms with Gasteiger partial charge in [0.05, 0.1) is 6.04 Å². The van der Waals surface area contributed by atoms with Crippen molar-refractivity contribution in [1.82, 2.24) is 10.6 Å². The third kappa shape index (κ3) is 4.62. The molecule has 4 heteroatoms. The van der Waals surface area contributed by atoms with Gasteiger partial charge in [-0.05, 0) is 32.7 Å². The summed E-state index contributed by atoms with van der Waals surface area (Å²) in [7, 11) is 0. The van der Waals surface area contributed by atoms with E-state index in [9.17, 15) is 4.79 Å². The average molecular weight is 214 g/mol. The minimum atomic E-state index is -0.155. The van der Waals surface area contributed by atoms with Crippen molar-refractivity contribution in [3.05, 3.63) is 0 Å². The molecule has 0 aliphatic heterocycles. The molecule has 1 aliphatic carbocycles. The molecule has 1 unspecified atom stereocenters. The molecule has 15 heavy (non-hydrogen) atoms. The summed E-state index contributed by atoms with van der Waals surface area (Å²) in [5.74, 6) is 0.0832. The second-order valence-corrected chi connectivity index (χ2v) is 4.24. The number of amides is 1. The van der Waals surface area contributed by atoms with E-state index in [0.29, 0.717) is 19.0 Å². The van der Waals surface area contributed by atoms with Crippen molar-refractivity contribution in [2.75, 3.05) is 13.2 Å². The van der Waals surface area contributed by atoms with Gasteiger partial charge in [-0.3, -0.25) is 4.79 Å². The summed E-state index contributed by atoms with van der Waals surface area (Å²) >= 11 is 0. The van der Waals surface area contributed by atoms with Crippen LogP contribution in [0.3, 0.4) is 0 Å². The Bertz CT molecular complexity index is 191. The van der Waals surface area contributed by atoms with E-state index >= 15 is 0 Å². The maximum Gasteiger partial charge on any atom is 0.237 e. The highest BCUT2D eigenvalue weighted by molar-refractivity contribution is 5.81. The molecule has 0 bridgehead atoms. The van der Waals surface area contributed by atoms with E-state index in [-0.39, 0.29) is 18.6 Å². The summed E-state index contributed by atoms with van der Waals surface area (Å²) < 4.78 is 0. The van der Waals surface area contributed by atoms with Crippen LogP contribution < -0.4 is 10.6 Å². The predicted octanol–water partition coefficient (Wildman–Crippen LogP) is 0.406. The minimum absolute atomic E-state index is 0.0832. The molecule has 1 amide bonds. The van der Waals surface area contributed by atoms with Crippen LogP contribution in [0.2, 0.25) is 0 Å². The van der Waals surface area contributed by atoms with Gasteiger partial charge in [-0.1, -0.05) is 12.8 Å². The SMILES string of the molecule is CC(NCCCO)C(=O)NC1CCCC1. The van der Waals surface area contributed by atoms with Gasteiger partial charge >= 0.3 is 0 Å². The molecule has 1 saturated carbocycles. The van der Waals surface area contributed by atoms with Gasteiger partial charge in [-0.25, -0.2) is 0 Å². The third-order valence-corrected chi connectivity index (χ3v) is 2.88. The summed E-state index contributed by atoms with van der Waals surface area (Å²) in [6, 6.07) is 0.233. The monoisotopic (exact) mass is 214 g/mol. The Balaban J connectivity index is 2.14. The highest BCUT2D eigenvalue weighted by atomic mass is 16.3. The lowest BCUT2D eigenvalue weighted by molar-refractivity contribution is -0.123. The molecular formula is C11H22N2O2. The molecule has 0 radical (unpaired) electrons. The standard InChI is InChI=1S/C11H22N2O2/c1-9(12-7-4-8-14)11(15)13-10-5-2-3-6-10/h9-10,12,14H,2-8H2,1H3,(H,13,15). The van der Waals surface area contributed by atoms with E-state index < -0.39 is 0 Å². The molecule has 1 rings (SSSR count). The second kappa shape index (κ2) is 6.80. The molecule has 0 spiro atoms. The van der Waals surface area contributed by atoms with Gasteiger partial charge in [-0.2, -0.15) is 0 Å². The first-order chi connectivity index (χ1) is 7.24. The Labute approximate surface area is 91.4 Å². The number of carbonyl (C=O) groups excluding carboxylic acids is 1. The zero-order chi connectivity index (χ0) is 11.1. The molecule has 0 saturated heterocycles. The minimum Gasteiger partial charge on any atom is -0.396 e. The van der Waals surface area contributed by atoms with Gasteiger partial charge in [0.1, 0.15) is 0 Å². The molecule has 4 nitrogen and oxygen atoms in total. The number of nitrogens with one attached hydrogen (secondary N) is 2. The Morgan fingerprint density at radius 3 is 2.73 bits per heavy atom. The number of carbonyl (C=O) groups is 1. The van der Waals surface area contributed by atoms with Crippen molar-refractivity contribution < 1.29 is 9.90 Å².